The number of halogens is 1. The van der Waals surface area contributed by atoms with Crippen molar-refractivity contribution in [2.24, 2.45) is 5.92 Å². The fourth-order valence-corrected chi connectivity index (χ4v) is 4.41. The van der Waals surface area contributed by atoms with Crippen molar-refractivity contribution in [1.29, 1.82) is 0 Å². The molecule has 1 aromatic carbocycles. The van der Waals surface area contributed by atoms with E-state index in [2.05, 4.69) is 20.7 Å². The molecular formula is C14H20BrNO3S. The highest BCUT2D eigenvalue weighted by Gasteiger charge is 2.23. The van der Waals surface area contributed by atoms with Crippen LogP contribution in [0.4, 0.5) is 0 Å². The van der Waals surface area contributed by atoms with Gasteiger partial charge in [-0.1, -0.05) is 22.0 Å². The Kier molecular flexibility index (Phi) is 5.23. The van der Waals surface area contributed by atoms with E-state index >= 15 is 0 Å². The summed E-state index contributed by atoms with van der Waals surface area (Å²) < 4.78 is 28.1. The fraction of sp³-hybridized carbons (Fsp3) is 0.571. The molecule has 1 aliphatic carbocycles. The summed E-state index contributed by atoms with van der Waals surface area (Å²) in [5.74, 6) is 0.320. The Labute approximate surface area is 128 Å². The molecule has 0 aliphatic heterocycles. The first-order valence-corrected chi connectivity index (χ1v) is 9.10. The van der Waals surface area contributed by atoms with Crippen LogP contribution in [0.1, 0.15) is 31.2 Å². The molecule has 1 aliphatic rings. The molecule has 0 saturated heterocycles. The Morgan fingerprint density at radius 3 is 2.60 bits per heavy atom. The van der Waals surface area contributed by atoms with E-state index in [1.165, 1.54) is 0 Å². The molecule has 4 nitrogen and oxygen atoms in total. The van der Waals surface area contributed by atoms with Gasteiger partial charge in [0.15, 0.2) is 0 Å². The third-order valence-electron chi connectivity index (χ3n) is 3.82. The maximum absolute atomic E-state index is 12.3. The summed E-state index contributed by atoms with van der Waals surface area (Å²) in [5.41, 5.74) is 0.736. The van der Waals surface area contributed by atoms with Gasteiger partial charge in [-0.15, -0.1) is 0 Å². The van der Waals surface area contributed by atoms with Gasteiger partial charge in [-0.25, -0.2) is 13.1 Å². The molecule has 0 spiro atoms. The number of aliphatic hydroxyl groups is 1. The summed E-state index contributed by atoms with van der Waals surface area (Å²) in [6.07, 6.45) is 3.07. The van der Waals surface area contributed by atoms with Crippen LogP contribution in [0.3, 0.4) is 0 Å². The summed E-state index contributed by atoms with van der Waals surface area (Å²) in [4.78, 5) is 0.322. The summed E-state index contributed by atoms with van der Waals surface area (Å²) in [6.45, 7) is 2.24. The zero-order chi connectivity index (χ0) is 14.8. The van der Waals surface area contributed by atoms with E-state index in [0.29, 0.717) is 17.4 Å². The minimum atomic E-state index is -3.47. The van der Waals surface area contributed by atoms with Crippen molar-refractivity contribution in [2.75, 3.05) is 6.54 Å². The molecule has 0 atom stereocenters. The predicted octanol–water partition coefficient (Wildman–Crippen LogP) is 2.59. The number of hydrogen-bond acceptors (Lipinski definition) is 3. The summed E-state index contributed by atoms with van der Waals surface area (Å²) in [6, 6.07) is 5.24. The molecule has 0 unspecified atom stereocenters. The molecular weight excluding hydrogens is 342 g/mol. The van der Waals surface area contributed by atoms with Gasteiger partial charge in [-0.05, 0) is 56.2 Å². The summed E-state index contributed by atoms with van der Waals surface area (Å²) >= 11 is 3.30. The molecule has 6 heteroatoms. The number of aliphatic hydroxyl groups excluding tert-OH is 1. The van der Waals surface area contributed by atoms with E-state index in [4.69, 9.17) is 0 Å². The van der Waals surface area contributed by atoms with Gasteiger partial charge in [-0.2, -0.15) is 0 Å². The van der Waals surface area contributed by atoms with Gasteiger partial charge in [0.2, 0.25) is 10.0 Å². The van der Waals surface area contributed by atoms with E-state index in [0.717, 1.165) is 35.7 Å². The molecule has 0 radical (unpaired) electrons. The monoisotopic (exact) mass is 361 g/mol. The Bertz CT molecular complexity index is 566. The molecule has 0 heterocycles. The van der Waals surface area contributed by atoms with E-state index < -0.39 is 10.0 Å². The minimum absolute atomic E-state index is 0.213. The molecule has 1 aromatic rings. The van der Waals surface area contributed by atoms with Crippen molar-refractivity contribution in [3.05, 3.63) is 28.2 Å². The maximum Gasteiger partial charge on any atom is 0.240 e. The van der Waals surface area contributed by atoms with Crippen molar-refractivity contribution in [1.82, 2.24) is 4.72 Å². The second-order valence-electron chi connectivity index (χ2n) is 5.44. The van der Waals surface area contributed by atoms with E-state index in [1.54, 1.807) is 19.1 Å². The average molecular weight is 362 g/mol. The van der Waals surface area contributed by atoms with Gasteiger partial charge in [0.05, 0.1) is 11.0 Å². The lowest BCUT2D eigenvalue weighted by molar-refractivity contribution is 0.109. The van der Waals surface area contributed by atoms with Crippen LogP contribution in [-0.4, -0.2) is 26.2 Å². The molecule has 112 valence electrons. The first kappa shape index (κ1) is 15.9. The van der Waals surface area contributed by atoms with Crippen molar-refractivity contribution >= 4 is 26.0 Å². The smallest absolute Gasteiger partial charge is 0.240 e. The maximum atomic E-state index is 12.3. The lowest BCUT2D eigenvalue weighted by atomic mass is 9.88. The Morgan fingerprint density at radius 1 is 1.30 bits per heavy atom. The number of rotatable bonds is 4. The van der Waals surface area contributed by atoms with E-state index in [-0.39, 0.29) is 6.10 Å². The van der Waals surface area contributed by atoms with Crippen molar-refractivity contribution in [3.63, 3.8) is 0 Å². The van der Waals surface area contributed by atoms with Crippen molar-refractivity contribution in [2.45, 2.75) is 43.6 Å². The Morgan fingerprint density at radius 2 is 1.95 bits per heavy atom. The first-order chi connectivity index (χ1) is 9.38. The van der Waals surface area contributed by atoms with Gasteiger partial charge < -0.3 is 5.11 Å². The Hall–Kier alpha value is -0.430. The van der Waals surface area contributed by atoms with Crippen LogP contribution in [-0.2, 0) is 10.0 Å². The van der Waals surface area contributed by atoms with Crippen LogP contribution in [0, 0.1) is 12.8 Å². The normalized spacial score (nSPS) is 23.8. The third kappa shape index (κ3) is 4.04. The van der Waals surface area contributed by atoms with Crippen LogP contribution in [0.2, 0.25) is 0 Å². The van der Waals surface area contributed by atoms with Gasteiger partial charge in [-0.3, -0.25) is 0 Å². The summed E-state index contributed by atoms with van der Waals surface area (Å²) in [5, 5.41) is 9.46. The van der Waals surface area contributed by atoms with Crippen molar-refractivity contribution < 1.29 is 13.5 Å². The lowest BCUT2D eigenvalue weighted by Crippen LogP contribution is -2.32. The highest BCUT2D eigenvalue weighted by atomic mass is 79.9. The van der Waals surface area contributed by atoms with E-state index in [9.17, 15) is 13.5 Å². The topological polar surface area (TPSA) is 66.4 Å². The molecule has 1 fully saturated rings. The molecule has 2 rings (SSSR count). The van der Waals surface area contributed by atoms with Crippen LogP contribution >= 0.6 is 15.9 Å². The molecule has 0 amide bonds. The van der Waals surface area contributed by atoms with Crippen molar-refractivity contribution in [3.8, 4) is 0 Å². The number of benzene rings is 1. The van der Waals surface area contributed by atoms with Crippen LogP contribution in [0.5, 0.6) is 0 Å². The van der Waals surface area contributed by atoms with Gasteiger partial charge in [0, 0.05) is 11.0 Å². The fourth-order valence-electron chi connectivity index (χ4n) is 2.52. The predicted molar refractivity (Wildman–Crippen MR) is 82.0 cm³/mol. The van der Waals surface area contributed by atoms with Crippen LogP contribution in [0.25, 0.3) is 0 Å². The highest BCUT2D eigenvalue weighted by Crippen LogP contribution is 2.25. The number of hydrogen-bond donors (Lipinski definition) is 2. The zero-order valence-electron chi connectivity index (χ0n) is 11.5. The standard InChI is InChI=1S/C14H20BrNO3S/c1-10-2-5-12(15)8-14(10)20(18,19)16-9-11-3-6-13(17)7-4-11/h2,5,8,11,13,16-17H,3-4,6-7,9H2,1H3. The zero-order valence-corrected chi connectivity index (χ0v) is 13.9. The second-order valence-corrected chi connectivity index (χ2v) is 8.09. The minimum Gasteiger partial charge on any atom is -0.393 e. The molecule has 0 aromatic heterocycles. The van der Waals surface area contributed by atoms with E-state index in [1.807, 2.05) is 6.07 Å². The average Bonchev–Trinajstić information content (AvgIpc) is 2.41. The number of nitrogens with one attached hydrogen (secondary N) is 1. The number of sulfonamides is 1. The first-order valence-electron chi connectivity index (χ1n) is 6.82. The van der Waals surface area contributed by atoms with Gasteiger partial charge >= 0.3 is 0 Å². The SMILES string of the molecule is Cc1ccc(Br)cc1S(=O)(=O)NCC1CCC(O)CC1. The number of aryl methyl sites for hydroxylation is 1. The molecule has 1 saturated carbocycles. The quantitative estimate of drug-likeness (QED) is 0.865. The van der Waals surface area contributed by atoms with Gasteiger partial charge in [0.1, 0.15) is 0 Å². The second kappa shape index (κ2) is 6.56. The highest BCUT2D eigenvalue weighted by molar-refractivity contribution is 9.10. The van der Waals surface area contributed by atoms with Crippen LogP contribution < -0.4 is 4.72 Å². The van der Waals surface area contributed by atoms with Gasteiger partial charge in [0.25, 0.3) is 0 Å². The Balaban J connectivity index is 2.02. The lowest BCUT2D eigenvalue weighted by Gasteiger charge is -2.25. The van der Waals surface area contributed by atoms with Crippen LogP contribution in [0.15, 0.2) is 27.6 Å². The summed E-state index contributed by atoms with van der Waals surface area (Å²) in [7, 11) is -3.47. The molecule has 20 heavy (non-hydrogen) atoms. The molecule has 2 N–H and O–H groups in total. The molecule has 0 bridgehead atoms. The third-order valence-corrected chi connectivity index (χ3v) is 5.88. The largest absolute Gasteiger partial charge is 0.393 e.